The van der Waals surface area contributed by atoms with E-state index in [9.17, 15) is 5.26 Å². The van der Waals surface area contributed by atoms with Gasteiger partial charge in [0.15, 0.2) is 0 Å². The molecule has 0 saturated carbocycles. The van der Waals surface area contributed by atoms with E-state index in [4.69, 9.17) is 23.2 Å². The van der Waals surface area contributed by atoms with E-state index >= 15 is 0 Å². The molecule has 1 fully saturated rings. The van der Waals surface area contributed by atoms with Crippen LogP contribution in [0.1, 0.15) is 28.7 Å². The number of likely N-dealkylation sites (tertiary alicyclic amines) is 1. The Morgan fingerprint density at radius 3 is 2.65 bits per heavy atom. The highest BCUT2D eigenvalue weighted by Gasteiger charge is 2.28. The fourth-order valence-corrected chi connectivity index (χ4v) is 4.71. The fourth-order valence-electron chi connectivity index (χ4n) is 4.28. The normalized spacial score (nSPS) is 16.3. The minimum Gasteiger partial charge on any atom is -0.363 e. The van der Waals surface area contributed by atoms with Gasteiger partial charge in [0, 0.05) is 42.9 Å². The molecule has 1 atom stereocenters. The number of halogens is 2. The lowest BCUT2D eigenvalue weighted by Gasteiger charge is -2.32. The first-order chi connectivity index (χ1) is 15.0. The lowest BCUT2D eigenvalue weighted by molar-refractivity contribution is 0.325. The van der Waals surface area contributed by atoms with Crippen LogP contribution in [0.5, 0.6) is 0 Å². The average Bonchev–Trinajstić information content (AvgIpc) is 3.21. The average molecular weight is 450 g/mol. The van der Waals surface area contributed by atoms with Crippen molar-refractivity contribution in [2.24, 2.45) is 0 Å². The van der Waals surface area contributed by atoms with E-state index in [0.29, 0.717) is 16.6 Å². The van der Waals surface area contributed by atoms with Gasteiger partial charge in [0.2, 0.25) is 0 Å². The Kier molecular flexibility index (Phi) is 6.83. The molecule has 3 nitrogen and oxygen atoms in total. The third kappa shape index (κ3) is 5.22. The summed E-state index contributed by atoms with van der Waals surface area (Å²) in [4.78, 5) is 4.92. The smallest absolute Gasteiger partial charge is 0.101 e. The molecule has 3 aromatic carbocycles. The lowest BCUT2D eigenvalue weighted by atomic mass is 10.1. The third-order valence-corrected chi connectivity index (χ3v) is 6.54. The van der Waals surface area contributed by atoms with Crippen molar-refractivity contribution >= 4 is 28.9 Å². The van der Waals surface area contributed by atoms with Crippen molar-refractivity contribution in [2.75, 3.05) is 18.0 Å². The SMILES string of the molecule is Cc1ccccc1CN(c1ccc(C#N)c(Cl)c1)[C@H]1CCN(Cc2cccc(Cl)c2)C1. The maximum atomic E-state index is 9.26. The van der Waals surface area contributed by atoms with Crippen LogP contribution >= 0.6 is 23.2 Å². The highest BCUT2D eigenvalue weighted by atomic mass is 35.5. The van der Waals surface area contributed by atoms with Crippen LogP contribution in [0.3, 0.4) is 0 Å². The van der Waals surface area contributed by atoms with Crippen LogP contribution in [0, 0.1) is 18.3 Å². The Balaban J connectivity index is 1.58. The largest absolute Gasteiger partial charge is 0.363 e. The highest BCUT2D eigenvalue weighted by Crippen LogP contribution is 2.30. The molecular formula is C26H25Cl2N3. The zero-order valence-electron chi connectivity index (χ0n) is 17.6. The number of anilines is 1. The van der Waals surface area contributed by atoms with Gasteiger partial charge in [0.25, 0.3) is 0 Å². The fraction of sp³-hybridized carbons (Fsp3) is 0.269. The van der Waals surface area contributed by atoms with Crippen molar-refractivity contribution in [2.45, 2.75) is 32.5 Å². The van der Waals surface area contributed by atoms with E-state index in [0.717, 1.165) is 43.3 Å². The second-order valence-corrected chi connectivity index (χ2v) is 8.98. The molecule has 0 amide bonds. The Hall–Kier alpha value is -2.51. The van der Waals surface area contributed by atoms with Crippen LogP contribution in [-0.4, -0.2) is 24.0 Å². The molecule has 0 aliphatic carbocycles. The first-order valence-electron chi connectivity index (χ1n) is 10.5. The van der Waals surface area contributed by atoms with Gasteiger partial charge in [-0.3, -0.25) is 4.90 Å². The minimum atomic E-state index is 0.364. The predicted octanol–water partition coefficient (Wildman–Crippen LogP) is 6.45. The molecule has 0 unspecified atom stereocenters. The van der Waals surface area contributed by atoms with Crippen LogP contribution in [0.2, 0.25) is 10.0 Å². The molecule has 1 aliphatic rings. The molecule has 5 heteroatoms. The summed E-state index contributed by atoms with van der Waals surface area (Å²) in [6.45, 7) is 5.86. The zero-order valence-corrected chi connectivity index (χ0v) is 19.1. The number of aryl methyl sites for hydroxylation is 1. The number of hydrogen-bond acceptors (Lipinski definition) is 3. The number of nitrogens with zero attached hydrogens (tertiary/aromatic N) is 3. The summed E-state index contributed by atoms with van der Waals surface area (Å²) >= 11 is 12.6. The summed E-state index contributed by atoms with van der Waals surface area (Å²) in [6, 6.07) is 24.9. The van der Waals surface area contributed by atoms with Crippen LogP contribution in [0.4, 0.5) is 5.69 Å². The van der Waals surface area contributed by atoms with E-state index in [-0.39, 0.29) is 0 Å². The zero-order chi connectivity index (χ0) is 21.8. The van der Waals surface area contributed by atoms with Crippen molar-refractivity contribution in [1.82, 2.24) is 4.90 Å². The molecule has 31 heavy (non-hydrogen) atoms. The number of rotatable bonds is 6. The van der Waals surface area contributed by atoms with Gasteiger partial charge in [-0.1, -0.05) is 59.6 Å². The molecule has 0 aromatic heterocycles. The number of nitriles is 1. The van der Waals surface area contributed by atoms with E-state index < -0.39 is 0 Å². The minimum absolute atomic E-state index is 0.364. The van der Waals surface area contributed by atoms with Gasteiger partial charge in [0.05, 0.1) is 10.6 Å². The second kappa shape index (κ2) is 9.75. The highest BCUT2D eigenvalue weighted by molar-refractivity contribution is 6.32. The molecule has 1 heterocycles. The molecule has 1 aliphatic heterocycles. The lowest BCUT2D eigenvalue weighted by Crippen LogP contribution is -2.37. The van der Waals surface area contributed by atoms with Crippen molar-refractivity contribution < 1.29 is 0 Å². The van der Waals surface area contributed by atoms with Gasteiger partial charge in [-0.2, -0.15) is 5.26 Å². The van der Waals surface area contributed by atoms with Crippen LogP contribution < -0.4 is 4.90 Å². The Morgan fingerprint density at radius 1 is 1.06 bits per heavy atom. The van der Waals surface area contributed by atoms with Crippen molar-refractivity contribution in [3.8, 4) is 6.07 Å². The van der Waals surface area contributed by atoms with Crippen molar-refractivity contribution in [3.05, 3.63) is 99.0 Å². The van der Waals surface area contributed by atoms with Gasteiger partial charge >= 0.3 is 0 Å². The van der Waals surface area contributed by atoms with E-state index in [1.54, 1.807) is 0 Å². The van der Waals surface area contributed by atoms with Crippen LogP contribution in [-0.2, 0) is 13.1 Å². The molecule has 158 valence electrons. The van der Waals surface area contributed by atoms with Gasteiger partial charge in [-0.05, 0) is 60.4 Å². The summed E-state index contributed by atoms with van der Waals surface area (Å²) in [5.41, 5.74) is 5.38. The summed E-state index contributed by atoms with van der Waals surface area (Å²) in [7, 11) is 0. The quantitative estimate of drug-likeness (QED) is 0.432. The standard InChI is InChI=1S/C26H25Cl2N3/c1-19-5-2-3-7-22(19)17-31(24-10-9-21(15-29)26(28)14-24)25-11-12-30(18-25)16-20-6-4-8-23(27)13-20/h2-10,13-14,25H,11-12,16-18H2,1H3/t25-/m0/s1. The summed E-state index contributed by atoms with van der Waals surface area (Å²) < 4.78 is 0. The van der Waals surface area contributed by atoms with Gasteiger partial charge in [-0.25, -0.2) is 0 Å². The number of hydrogen-bond donors (Lipinski definition) is 0. The van der Waals surface area contributed by atoms with Crippen molar-refractivity contribution in [1.29, 1.82) is 5.26 Å². The summed E-state index contributed by atoms with van der Waals surface area (Å²) in [6.07, 6.45) is 1.07. The molecule has 4 rings (SSSR count). The summed E-state index contributed by atoms with van der Waals surface area (Å²) in [5.74, 6) is 0. The molecular weight excluding hydrogens is 425 g/mol. The van der Waals surface area contributed by atoms with E-state index in [1.165, 1.54) is 16.7 Å². The molecule has 3 aromatic rings. The first kappa shape index (κ1) is 21.7. The van der Waals surface area contributed by atoms with Gasteiger partial charge < -0.3 is 4.90 Å². The van der Waals surface area contributed by atoms with E-state index in [2.05, 4.69) is 53.1 Å². The first-order valence-corrected chi connectivity index (χ1v) is 11.3. The monoisotopic (exact) mass is 449 g/mol. The third-order valence-electron chi connectivity index (χ3n) is 5.99. The van der Waals surface area contributed by atoms with Gasteiger partial charge in [0.1, 0.15) is 6.07 Å². The van der Waals surface area contributed by atoms with Gasteiger partial charge in [-0.15, -0.1) is 0 Å². The van der Waals surface area contributed by atoms with Crippen molar-refractivity contribution in [3.63, 3.8) is 0 Å². The predicted molar refractivity (Wildman–Crippen MR) is 129 cm³/mol. The topological polar surface area (TPSA) is 30.3 Å². The van der Waals surface area contributed by atoms with Crippen LogP contribution in [0.15, 0.2) is 66.7 Å². The summed E-state index contributed by atoms with van der Waals surface area (Å²) in [5, 5.41) is 10.5. The Labute approximate surface area is 194 Å². The Morgan fingerprint density at radius 2 is 1.90 bits per heavy atom. The molecule has 0 bridgehead atoms. The van der Waals surface area contributed by atoms with E-state index in [1.807, 2.05) is 36.4 Å². The molecule has 1 saturated heterocycles. The molecule has 0 radical (unpaired) electrons. The maximum Gasteiger partial charge on any atom is 0.101 e. The Bertz CT molecular complexity index is 1110. The molecule has 0 N–H and O–H groups in total. The maximum absolute atomic E-state index is 9.26. The second-order valence-electron chi connectivity index (χ2n) is 8.14. The number of benzene rings is 3. The van der Waals surface area contributed by atoms with Crippen LogP contribution in [0.25, 0.3) is 0 Å². The molecule has 0 spiro atoms.